The van der Waals surface area contributed by atoms with Crippen LogP contribution in [0.1, 0.15) is 36.2 Å². The molecule has 0 bridgehead atoms. The summed E-state index contributed by atoms with van der Waals surface area (Å²) in [6, 6.07) is 11.0. The van der Waals surface area contributed by atoms with Crippen molar-refractivity contribution in [3.8, 4) is 0 Å². The lowest BCUT2D eigenvalue weighted by Crippen LogP contribution is -2.44. The molecule has 132 valence electrons. The number of hydrogen-bond donors (Lipinski definition) is 0. The number of likely N-dealkylation sites (tertiary alicyclic amines) is 1. The minimum atomic E-state index is 0.431. The molecule has 1 spiro atoms. The van der Waals surface area contributed by atoms with Crippen LogP contribution in [0.15, 0.2) is 36.5 Å². The van der Waals surface area contributed by atoms with Gasteiger partial charge in [-0.15, -0.1) is 0 Å². The molecule has 4 rings (SSSR count). The standard InChI is InChI=1S/C21H28N4/c1-17-5-3-6-19(13-17)14-24-11-4-8-21(15-24)9-12-25(16-21)20-7-10-22-18(2)23-20/h3,5-7,10,13H,4,8-9,11-12,14-16H2,1-2H3. The van der Waals surface area contributed by atoms with Gasteiger partial charge in [0.2, 0.25) is 0 Å². The molecule has 25 heavy (non-hydrogen) atoms. The highest BCUT2D eigenvalue weighted by Gasteiger charge is 2.41. The van der Waals surface area contributed by atoms with Gasteiger partial charge in [0.15, 0.2) is 0 Å². The summed E-state index contributed by atoms with van der Waals surface area (Å²) in [4.78, 5) is 14.0. The third-order valence-corrected chi connectivity index (χ3v) is 5.75. The molecule has 0 amide bonds. The normalized spacial score (nSPS) is 24.2. The molecule has 4 nitrogen and oxygen atoms in total. The molecule has 0 saturated carbocycles. The maximum atomic E-state index is 4.63. The van der Waals surface area contributed by atoms with Crippen LogP contribution in [0.25, 0.3) is 0 Å². The van der Waals surface area contributed by atoms with Crippen LogP contribution in [-0.4, -0.2) is 41.0 Å². The Hall–Kier alpha value is -1.94. The van der Waals surface area contributed by atoms with E-state index < -0.39 is 0 Å². The van der Waals surface area contributed by atoms with Crippen molar-refractivity contribution in [1.29, 1.82) is 0 Å². The van der Waals surface area contributed by atoms with Crippen molar-refractivity contribution in [2.75, 3.05) is 31.1 Å². The highest BCUT2D eigenvalue weighted by atomic mass is 15.2. The van der Waals surface area contributed by atoms with Gasteiger partial charge in [0, 0.05) is 37.8 Å². The molecule has 2 aliphatic rings. The molecule has 2 fully saturated rings. The molecule has 2 aliphatic heterocycles. The fraction of sp³-hybridized carbons (Fsp3) is 0.524. The SMILES string of the molecule is Cc1cccc(CN2CCCC3(CCN(c4ccnc(C)n4)C3)C2)c1. The first-order chi connectivity index (χ1) is 12.1. The summed E-state index contributed by atoms with van der Waals surface area (Å²) in [5, 5.41) is 0. The van der Waals surface area contributed by atoms with E-state index in [1.54, 1.807) is 0 Å². The van der Waals surface area contributed by atoms with Crippen molar-refractivity contribution < 1.29 is 0 Å². The summed E-state index contributed by atoms with van der Waals surface area (Å²) in [6.07, 6.45) is 5.81. The molecule has 2 saturated heterocycles. The van der Waals surface area contributed by atoms with Crippen molar-refractivity contribution in [3.63, 3.8) is 0 Å². The number of hydrogen-bond acceptors (Lipinski definition) is 4. The molecule has 4 heteroatoms. The van der Waals surface area contributed by atoms with E-state index in [2.05, 4.69) is 57.0 Å². The number of benzene rings is 1. The van der Waals surface area contributed by atoms with Crippen LogP contribution in [0.2, 0.25) is 0 Å². The Labute approximate surface area is 150 Å². The minimum absolute atomic E-state index is 0.431. The second-order valence-corrected chi connectivity index (χ2v) is 7.94. The molecule has 1 aromatic carbocycles. The van der Waals surface area contributed by atoms with Gasteiger partial charge in [0.1, 0.15) is 11.6 Å². The Kier molecular flexibility index (Phi) is 4.46. The molecule has 0 aliphatic carbocycles. The van der Waals surface area contributed by atoms with Gasteiger partial charge in [0.25, 0.3) is 0 Å². The van der Waals surface area contributed by atoms with Crippen molar-refractivity contribution in [1.82, 2.24) is 14.9 Å². The predicted molar refractivity (Wildman–Crippen MR) is 102 cm³/mol. The summed E-state index contributed by atoms with van der Waals surface area (Å²) in [6.45, 7) is 9.92. The average molecular weight is 336 g/mol. The predicted octanol–water partition coefficient (Wildman–Crippen LogP) is 3.59. The van der Waals surface area contributed by atoms with Crippen LogP contribution in [0.3, 0.4) is 0 Å². The Morgan fingerprint density at radius 3 is 2.84 bits per heavy atom. The van der Waals surface area contributed by atoms with Crippen LogP contribution in [0, 0.1) is 19.3 Å². The smallest absolute Gasteiger partial charge is 0.132 e. The highest BCUT2D eigenvalue weighted by Crippen LogP contribution is 2.40. The Bertz CT molecular complexity index is 744. The van der Waals surface area contributed by atoms with Crippen LogP contribution >= 0.6 is 0 Å². The lowest BCUT2D eigenvalue weighted by atomic mass is 9.79. The monoisotopic (exact) mass is 336 g/mol. The summed E-state index contributed by atoms with van der Waals surface area (Å²) in [7, 11) is 0. The molecule has 2 aromatic rings. The van der Waals surface area contributed by atoms with E-state index in [4.69, 9.17) is 0 Å². The van der Waals surface area contributed by atoms with Gasteiger partial charge in [-0.05, 0) is 51.3 Å². The first kappa shape index (κ1) is 16.5. The van der Waals surface area contributed by atoms with Crippen molar-refractivity contribution >= 4 is 5.82 Å². The third-order valence-electron chi connectivity index (χ3n) is 5.75. The largest absolute Gasteiger partial charge is 0.356 e. The van der Waals surface area contributed by atoms with Crippen molar-refractivity contribution in [2.45, 2.75) is 39.7 Å². The summed E-state index contributed by atoms with van der Waals surface area (Å²) < 4.78 is 0. The van der Waals surface area contributed by atoms with E-state index in [-0.39, 0.29) is 0 Å². The maximum Gasteiger partial charge on any atom is 0.132 e. The van der Waals surface area contributed by atoms with E-state index in [1.807, 2.05) is 13.1 Å². The highest BCUT2D eigenvalue weighted by molar-refractivity contribution is 5.39. The van der Waals surface area contributed by atoms with Gasteiger partial charge >= 0.3 is 0 Å². The van der Waals surface area contributed by atoms with Crippen LogP contribution < -0.4 is 4.90 Å². The van der Waals surface area contributed by atoms with Crippen LogP contribution in [0.4, 0.5) is 5.82 Å². The fourth-order valence-corrected chi connectivity index (χ4v) is 4.60. The number of rotatable bonds is 3. The number of nitrogens with zero attached hydrogens (tertiary/aromatic N) is 4. The van der Waals surface area contributed by atoms with E-state index in [9.17, 15) is 0 Å². The Morgan fingerprint density at radius 1 is 1.08 bits per heavy atom. The average Bonchev–Trinajstić information content (AvgIpc) is 2.98. The molecule has 3 heterocycles. The van der Waals surface area contributed by atoms with Gasteiger partial charge in [-0.3, -0.25) is 4.90 Å². The summed E-state index contributed by atoms with van der Waals surface area (Å²) in [5.41, 5.74) is 3.23. The minimum Gasteiger partial charge on any atom is -0.356 e. The fourth-order valence-electron chi connectivity index (χ4n) is 4.60. The number of aromatic nitrogens is 2. The Balaban J connectivity index is 1.44. The number of aryl methyl sites for hydroxylation is 2. The number of anilines is 1. The molecular weight excluding hydrogens is 308 g/mol. The second-order valence-electron chi connectivity index (χ2n) is 7.94. The topological polar surface area (TPSA) is 32.3 Å². The molecule has 1 aromatic heterocycles. The lowest BCUT2D eigenvalue weighted by molar-refractivity contribution is 0.0991. The van der Waals surface area contributed by atoms with Gasteiger partial charge in [-0.2, -0.15) is 0 Å². The van der Waals surface area contributed by atoms with Crippen LogP contribution in [-0.2, 0) is 6.54 Å². The Morgan fingerprint density at radius 2 is 2.00 bits per heavy atom. The van der Waals surface area contributed by atoms with E-state index >= 15 is 0 Å². The zero-order valence-electron chi connectivity index (χ0n) is 15.4. The second kappa shape index (κ2) is 6.75. The molecule has 0 radical (unpaired) electrons. The third kappa shape index (κ3) is 3.69. The van der Waals surface area contributed by atoms with E-state index in [0.29, 0.717) is 5.41 Å². The van der Waals surface area contributed by atoms with Gasteiger partial charge < -0.3 is 4.90 Å². The molecule has 1 atom stereocenters. The summed E-state index contributed by atoms with van der Waals surface area (Å²) >= 11 is 0. The van der Waals surface area contributed by atoms with Crippen molar-refractivity contribution in [3.05, 3.63) is 53.5 Å². The van der Waals surface area contributed by atoms with E-state index in [0.717, 1.165) is 31.3 Å². The quantitative estimate of drug-likeness (QED) is 0.857. The van der Waals surface area contributed by atoms with E-state index in [1.165, 1.54) is 43.5 Å². The van der Waals surface area contributed by atoms with Gasteiger partial charge in [-0.25, -0.2) is 9.97 Å². The zero-order valence-corrected chi connectivity index (χ0v) is 15.4. The molecular formula is C21H28N4. The first-order valence-electron chi connectivity index (χ1n) is 9.44. The molecule has 0 N–H and O–H groups in total. The van der Waals surface area contributed by atoms with Crippen molar-refractivity contribution in [2.24, 2.45) is 5.41 Å². The van der Waals surface area contributed by atoms with Crippen LogP contribution in [0.5, 0.6) is 0 Å². The first-order valence-corrected chi connectivity index (χ1v) is 9.44. The number of piperidine rings is 1. The van der Waals surface area contributed by atoms with Gasteiger partial charge in [0.05, 0.1) is 0 Å². The summed E-state index contributed by atoms with van der Waals surface area (Å²) in [5.74, 6) is 1.96. The lowest BCUT2D eigenvalue weighted by Gasteiger charge is -2.40. The van der Waals surface area contributed by atoms with Gasteiger partial charge in [-0.1, -0.05) is 29.8 Å². The molecule has 1 unspecified atom stereocenters. The zero-order chi connectivity index (χ0) is 17.3. The maximum absolute atomic E-state index is 4.63.